The van der Waals surface area contributed by atoms with Crippen LogP contribution in [-0.4, -0.2) is 31.1 Å². The lowest BCUT2D eigenvalue weighted by Crippen LogP contribution is -2.40. The first kappa shape index (κ1) is 13.0. The van der Waals surface area contributed by atoms with E-state index in [1.807, 2.05) is 0 Å². The Morgan fingerprint density at radius 3 is 2.60 bits per heavy atom. The van der Waals surface area contributed by atoms with Crippen molar-refractivity contribution in [1.82, 2.24) is 4.90 Å². The lowest BCUT2D eigenvalue weighted by molar-refractivity contribution is 0.133. The first-order valence-electron chi connectivity index (χ1n) is 6.55. The third kappa shape index (κ3) is 4.12. The van der Waals surface area contributed by atoms with Crippen molar-refractivity contribution in [2.24, 2.45) is 17.6 Å². The second-order valence-electron chi connectivity index (χ2n) is 5.44. The lowest BCUT2D eigenvalue weighted by Gasteiger charge is -2.36. The minimum absolute atomic E-state index is 0.673. The maximum atomic E-state index is 5.65. The Kier molecular flexibility index (Phi) is 5.62. The highest BCUT2D eigenvalue weighted by Crippen LogP contribution is 2.27. The minimum Gasteiger partial charge on any atom is -0.330 e. The third-order valence-corrected chi connectivity index (χ3v) is 4.01. The summed E-state index contributed by atoms with van der Waals surface area (Å²) in [5.41, 5.74) is 5.65. The fourth-order valence-electron chi connectivity index (χ4n) is 2.66. The first-order valence-corrected chi connectivity index (χ1v) is 6.55. The van der Waals surface area contributed by atoms with Gasteiger partial charge in [-0.2, -0.15) is 0 Å². The molecule has 2 N–H and O–H groups in total. The van der Waals surface area contributed by atoms with Gasteiger partial charge in [0.2, 0.25) is 0 Å². The van der Waals surface area contributed by atoms with E-state index in [2.05, 4.69) is 25.8 Å². The lowest BCUT2D eigenvalue weighted by atomic mass is 9.85. The Bertz CT molecular complexity index is 170. The fraction of sp³-hybridized carbons (Fsp3) is 1.00. The van der Waals surface area contributed by atoms with Gasteiger partial charge in [0.25, 0.3) is 0 Å². The van der Waals surface area contributed by atoms with Crippen LogP contribution in [0.2, 0.25) is 0 Å². The maximum absolute atomic E-state index is 5.65. The van der Waals surface area contributed by atoms with E-state index in [9.17, 15) is 0 Å². The standard InChI is InChI=1S/C13H28N2/c1-11(10-14)8-9-15(3)13-7-5-4-6-12(13)2/h11-13H,4-10,14H2,1-3H3. The summed E-state index contributed by atoms with van der Waals surface area (Å²) in [4.78, 5) is 2.57. The molecule has 0 radical (unpaired) electrons. The Labute approximate surface area is 95.2 Å². The van der Waals surface area contributed by atoms with Gasteiger partial charge < -0.3 is 10.6 Å². The van der Waals surface area contributed by atoms with Crippen LogP contribution in [0.1, 0.15) is 46.0 Å². The van der Waals surface area contributed by atoms with Gasteiger partial charge in [-0.3, -0.25) is 0 Å². The second kappa shape index (κ2) is 6.49. The SMILES string of the molecule is CC(CN)CCN(C)C1CCCCC1C. The molecule has 3 atom stereocenters. The first-order chi connectivity index (χ1) is 7.15. The van der Waals surface area contributed by atoms with Gasteiger partial charge >= 0.3 is 0 Å². The van der Waals surface area contributed by atoms with Crippen LogP contribution >= 0.6 is 0 Å². The molecular weight excluding hydrogens is 184 g/mol. The molecule has 1 aliphatic carbocycles. The van der Waals surface area contributed by atoms with Crippen molar-refractivity contribution in [3.05, 3.63) is 0 Å². The smallest absolute Gasteiger partial charge is 0.0118 e. The van der Waals surface area contributed by atoms with Crippen molar-refractivity contribution in [2.45, 2.75) is 52.0 Å². The van der Waals surface area contributed by atoms with E-state index < -0.39 is 0 Å². The van der Waals surface area contributed by atoms with E-state index in [1.54, 1.807) is 0 Å². The van der Waals surface area contributed by atoms with Crippen molar-refractivity contribution in [3.8, 4) is 0 Å². The number of nitrogens with zero attached hydrogens (tertiary/aromatic N) is 1. The minimum atomic E-state index is 0.673. The molecule has 1 aliphatic rings. The topological polar surface area (TPSA) is 29.3 Å². The molecular formula is C13H28N2. The molecule has 0 bridgehead atoms. The van der Waals surface area contributed by atoms with Crippen molar-refractivity contribution < 1.29 is 0 Å². The average Bonchev–Trinajstić information content (AvgIpc) is 2.26. The van der Waals surface area contributed by atoms with E-state index in [-0.39, 0.29) is 0 Å². The van der Waals surface area contributed by atoms with Gasteiger partial charge in [-0.25, -0.2) is 0 Å². The van der Waals surface area contributed by atoms with Crippen LogP contribution in [0, 0.1) is 11.8 Å². The summed E-state index contributed by atoms with van der Waals surface area (Å²) < 4.78 is 0. The van der Waals surface area contributed by atoms with Crippen LogP contribution in [0.3, 0.4) is 0 Å². The van der Waals surface area contributed by atoms with Crippen molar-refractivity contribution in [2.75, 3.05) is 20.1 Å². The van der Waals surface area contributed by atoms with Gasteiger partial charge in [0, 0.05) is 6.04 Å². The average molecular weight is 212 g/mol. The molecule has 0 amide bonds. The fourth-order valence-corrected chi connectivity index (χ4v) is 2.66. The number of hydrogen-bond acceptors (Lipinski definition) is 2. The van der Waals surface area contributed by atoms with Gasteiger partial charge in [-0.15, -0.1) is 0 Å². The zero-order valence-electron chi connectivity index (χ0n) is 10.7. The normalized spacial score (nSPS) is 29.4. The van der Waals surface area contributed by atoms with Crippen molar-refractivity contribution in [1.29, 1.82) is 0 Å². The van der Waals surface area contributed by atoms with E-state index in [0.717, 1.165) is 18.5 Å². The number of rotatable bonds is 5. The van der Waals surface area contributed by atoms with E-state index in [4.69, 9.17) is 5.73 Å². The molecule has 1 rings (SSSR count). The molecule has 3 unspecified atom stereocenters. The van der Waals surface area contributed by atoms with E-state index in [1.165, 1.54) is 38.6 Å². The molecule has 0 saturated heterocycles. The summed E-state index contributed by atoms with van der Waals surface area (Å²) in [5, 5.41) is 0. The third-order valence-electron chi connectivity index (χ3n) is 4.01. The molecule has 1 fully saturated rings. The van der Waals surface area contributed by atoms with Gasteiger partial charge in [-0.1, -0.05) is 26.7 Å². The summed E-state index contributed by atoms with van der Waals surface area (Å²) in [5.74, 6) is 1.56. The molecule has 0 aromatic carbocycles. The van der Waals surface area contributed by atoms with E-state index >= 15 is 0 Å². The molecule has 90 valence electrons. The highest BCUT2D eigenvalue weighted by molar-refractivity contribution is 4.79. The zero-order valence-corrected chi connectivity index (χ0v) is 10.7. The van der Waals surface area contributed by atoms with Gasteiger partial charge in [0.1, 0.15) is 0 Å². The van der Waals surface area contributed by atoms with Crippen LogP contribution < -0.4 is 5.73 Å². The predicted octanol–water partition coefficient (Wildman–Crippen LogP) is 2.48. The Balaban J connectivity index is 2.28. The molecule has 2 heteroatoms. The quantitative estimate of drug-likeness (QED) is 0.758. The number of hydrogen-bond donors (Lipinski definition) is 1. The Hall–Kier alpha value is -0.0800. The number of nitrogens with two attached hydrogens (primary N) is 1. The van der Waals surface area contributed by atoms with Gasteiger partial charge in [0.15, 0.2) is 0 Å². The summed E-state index contributed by atoms with van der Waals surface area (Å²) in [6.07, 6.45) is 6.92. The van der Waals surface area contributed by atoms with Crippen LogP contribution in [-0.2, 0) is 0 Å². The summed E-state index contributed by atoms with van der Waals surface area (Å²) >= 11 is 0. The second-order valence-corrected chi connectivity index (χ2v) is 5.44. The van der Waals surface area contributed by atoms with Crippen LogP contribution in [0.25, 0.3) is 0 Å². The predicted molar refractivity (Wildman–Crippen MR) is 66.9 cm³/mol. The monoisotopic (exact) mass is 212 g/mol. The van der Waals surface area contributed by atoms with Crippen LogP contribution in [0.4, 0.5) is 0 Å². The summed E-state index contributed by atoms with van der Waals surface area (Å²) in [6.45, 7) is 6.70. The Morgan fingerprint density at radius 1 is 1.33 bits per heavy atom. The summed E-state index contributed by atoms with van der Waals surface area (Å²) in [6, 6.07) is 0.823. The van der Waals surface area contributed by atoms with Crippen LogP contribution in [0.5, 0.6) is 0 Å². The molecule has 1 saturated carbocycles. The van der Waals surface area contributed by atoms with Crippen LogP contribution in [0.15, 0.2) is 0 Å². The molecule has 2 nitrogen and oxygen atoms in total. The molecule has 0 aromatic rings. The highest BCUT2D eigenvalue weighted by Gasteiger charge is 2.24. The van der Waals surface area contributed by atoms with Gasteiger partial charge in [-0.05, 0) is 51.2 Å². The largest absolute Gasteiger partial charge is 0.330 e. The zero-order chi connectivity index (χ0) is 11.3. The Morgan fingerprint density at radius 2 is 2.00 bits per heavy atom. The van der Waals surface area contributed by atoms with E-state index in [0.29, 0.717) is 5.92 Å². The molecule has 0 heterocycles. The molecule has 0 aliphatic heterocycles. The molecule has 0 aromatic heterocycles. The maximum Gasteiger partial charge on any atom is 0.0118 e. The molecule has 15 heavy (non-hydrogen) atoms. The van der Waals surface area contributed by atoms with Crippen molar-refractivity contribution in [3.63, 3.8) is 0 Å². The van der Waals surface area contributed by atoms with Crippen molar-refractivity contribution >= 4 is 0 Å². The molecule has 0 spiro atoms. The highest BCUT2D eigenvalue weighted by atomic mass is 15.1. The van der Waals surface area contributed by atoms with Gasteiger partial charge in [0.05, 0.1) is 0 Å². The summed E-state index contributed by atoms with van der Waals surface area (Å²) in [7, 11) is 2.29.